The number of hydrogen-bond acceptors (Lipinski definition) is 3. The molecule has 2 N–H and O–H groups in total. The molecule has 4 nitrogen and oxygen atoms in total. The van der Waals surface area contributed by atoms with Gasteiger partial charge in [-0.3, -0.25) is 0 Å². The van der Waals surface area contributed by atoms with E-state index in [1.807, 2.05) is 0 Å². The average Bonchev–Trinajstić information content (AvgIpc) is 2.73. The summed E-state index contributed by atoms with van der Waals surface area (Å²) in [6.45, 7) is 1.30. The second kappa shape index (κ2) is 8.35. The maximum atomic E-state index is 12.2. The van der Waals surface area contributed by atoms with Crippen molar-refractivity contribution in [3.63, 3.8) is 0 Å². The van der Waals surface area contributed by atoms with Crippen LogP contribution < -0.4 is 10.0 Å². The minimum absolute atomic E-state index is 0.144. The van der Waals surface area contributed by atoms with Gasteiger partial charge in [-0.2, -0.15) is 0 Å². The topological polar surface area (TPSA) is 58.2 Å². The third-order valence-corrected chi connectivity index (χ3v) is 6.66. The highest BCUT2D eigenvalue weighted by atomic mass is 32.2. The SMILES string of the molecule is O=S(=O)(NCCNC1CCCCCC1)C1CCCCC1. The van der Waals surface area contributed by atoms with Gasteiger partial charge < -0.3 is 5.32 Å². The molecule has 0 aromatic heterocycles. The molecule has 0 amide bonds. The van der Waals surface area contributed by atoms with Gasteiger partial charge in [-0.1, -0.05) is 44.9 Å². The van der Waals surface area contributed by atoms with Crippen molar-refractivity contribution in [1.82, 2.24) is 10.0 Å². The van der Waals surface area contributed by atoms with Crippen LogP contribution in [0.2, 0.25) is 0 Å². The van der Waals surface area contributed by atoms with Crippen LogP contribution in [0.3, 0.4) is 0 Å². The van der Waals surface area contributed by atoms with Gasteiger partial charge >= 0.3 is 0 Å². The number of rotatable bonds is 6. The lowest BCUT2D eigenvalue weighted by molar-refractivity contribution is 0.455. The summed E-state index contributed by atoms with van der Waals surface area (Å²) in [7, 11) is -3.08. The van der Waals surface area contributed by atoms with Crippen LogP contribution in [-0.2, 0) is 10.0 Å². The first kappa shape index (κ1) is 16.2. The van der Waals surface area contributed by atoms with Crippen LogP contribution in [0.4, 0.5) is 0 Å². The molecule has 2 saturated carbocycles. The molecule has 0 aromatic carbocycles. The minimum atomic E-state index is -3.08. The molecule has 0 radical (unpaired) electrons. The van der Waals surface area contributed by atoms with Crippen LogP contribution in [0.25, 0.3) is 0 Å². The van der Waals surface area contributed by atoms with Crippen molar-refractivity contribution in [3.05, 3.63) is 0 Å². The van der Waals surface area contributed by atoms with Crippen LogP contribution in [-0.4, -0.2) is 32.8 Å². The second-order valence-electron chi connectivity index (χ2n) is 6.34. The summed E-state index contributed by atoms with van der Waals surface area (Å²) >= 11 is 0. The van der Waals surface area contributed by atoms with Gasteiger partial charge in [-0.15, -0.1) is 0 Å². The van der Waals surface area contributed by atoms with Gasteiger partial charge in [0, 0.05) is 19.1 Å². The number of hydrogen-bond donors (Lipinski definition) is 2. The summed E-state index contributed by atoms with van der Waals surface area (Å²) in [6.07, 6.45) is 12.8. The highest BCUT2D eigenvalue weighted by Gasteiger charge is 2.26. The van der Waals surface area contributed by atoms with Crippen molar-refractivity contribution >= 4 is 10.0 Å². The second-order valence-corrected chi connectivity index (χ2v) is 8.39. The Bertz CT molecular complexity index is 356. The molecule has 0 heterocycles. The summed E-state index contributed by atoms with van der Waals surface area (Å²) in [6, 6.07) is 0.594. The number of sulfonamides is 1. The van der Waals surface area contributed by atoms with Gasteiger partial charge in [0.15, 0.2) is 0 Å². The largest absolute Gasteiger partial charge is 0.313 e. The monoisotopic (exact) mass is 302 g/mol. The molecular weight excluding hydrogens is 272 g/mol. The fraction of sp³-hybridized carbons (Fsp3) is 1.00. The fourth-order valence-electron chi connectivity index (χ4n) is 3.45. The third-order valence-electron chi connectivity index (χ3n) is 4.71. The van der Waals surface area contributed by atoms with E-state index in [0.717, 1.165) is 32.2 Å². The van der Waals surface area contributed by atoms with E-state index in [-0.39, 0.29) is 5.25 Å². The van der Waals surface area contributed by atoms with Crippen molar-refractivity contribution in [2.24, 2.45) is 0 Å². The molecule has 0 saturated heterocycles. The molecule has 0 atom stereocenters. The molecule has 118 valence electrons. The van der Waals surface area contributed by atoms with Gasteiger partial charge in [0.2, 0.25) is 10.0 Å². The Morgan fingerprint density at radius 3 is 1.95 bits per heavy atom. The molecule has 0 spiro atoms. The van der Waals surface area contributed by atoms with Crippen molar-refractivity contribution < 1.29 is 8.42 Å². The lowest BCUT2D eigenvalue weighted by Crippen LogP contribution is -2.41. The first-order chi connectivity index (χ1) is 9.68. The Morgan fingerprint density at radius 1 is 0.750 bits per heavy atom. The molecule has 20 heavy (non-hydrogen) atoms. The van der Waals surface area contributed by atoms with Crippen molar-refractivity contribution in [1.29, 1.82) is 0 Å². The maximum absolute atomic E-state index is 12.2. The minimum Gasteiger partial charge on any atom is -0.313 e. The fourth-order valence-corrected chi connectivity index (χ4v) is 5.02. The van der Waals surface area contributed by atoms with Crippen LogP contribution >= 0.6 is 0 Å². The van der Waals surface area contributed by atoms with Crippen LogP contribution in [0.1, 0.15) is 70.6 Å². The summed E-state index contributed by atoms with van der Waals surface area (Å²) in [5.41, 5.74) is 0. The smallest absolute Gasteiger partial charge is 0.214 e. The molecule has 0 aliphatic heterocycles. The zero-order chi connectivity index (χ0) is 14.3. The predicted octanol–water partition coefficient (Wildman–Crippen LogP) is 2.55. The van der Waals surface area contributed by atoms with E-state index in [1.54, 1.807) is 0 Å². The maximum Gasteiger partial charge on any atom is 0.214 e. The Hall–Kier alpha value is -0.130. The third kappa shape index (κ3) is 5.34. The van der Waals surface area contributed by atoms with Crippen LogP contribution in [0.5, 0.6) is 0 Å². The summed E-state index contributed by atoms with van der Waals surface area (Å²) < 4.78 is 27.1. The molecular formula is C15H30N2O2S. The Balaban J connectivity index is 1.64. The quantitative estimate of drug-likeness (QED) is 0.585. The zero-order valence-corrected chi connectivity index (χ0v) is 13.4. The highest BCUT2D eigenvalue weighted by molar-refractivity contribution is 7.90. The van der Waals surface area contributed by atoms with Gasteiger partial charge in [0.05, 0.1) is 5.25 Å². The van der Waals surface area contributed by atoms with Gasteiger partial charge in [0.25, 0.3) is 0 Å². The van der Waals surface area contributed by atoms with Crippen molar-refractivity contribution in [2.75, 3.05) is 13.1 Å². The highest BCUT2D eigenvalue weighted by Crippen LogP contribution is 2.22. The Kier molecular flexibility index (Phi) is 6.78. The van der Waals surface area contributed by atoms with Crippen molar-refractivity contribution in [2.45, 2.75) is 81.9 Å². The van der Waals surface area contributed by atoms with Gasteiger partial charge in [0.1, 0.15) is 0 Å². The molecule has 5 heteroatoms. The van der Waals surface area contributed by atoms with E-state index in [2.05, 4.69) is 10.0 Å². The molecule has 2 aliphatic carbocycles. The lowest BCUT2D eigenvalue weighted by Gasteiger charge is -2.22. The standard InChI is InChI=1S/C15H30N2O2S/c18-20(19,15-10-6-3-7-11-15)17-13-12-16-14-8-4-1-2-5-9-14/h14-17H,1-13H2. The van der Waals surface area contributed by atoms with E-state index in [1.165, 1.54) is 44.9 Å². The van der Waals surface area contributed by atoms with E-state index in [0.29, 0.717) is 12.6 Å². The summed E-state index contributed by atoms with van der Waals surface area (Å²) in [4.78, 5) is 0. The lowest BCUT2D eigenvalue weighted by atomic mass is 10.0. The Morgan fingerprint density at radius 2 is 1.30 bits per heavy atom. The molecule has 0 bridgehead atoms. The predicted molar refractivity (Wildman–Crippen MR) is 83.3 cm³/mol. The Labute approximate surface area is 124 Å². The summed E-state index contributed by atoms with van der Waals surface area (Å²) in [5, 5.41) is 3.37. The first-order valence-electron chi connectivity index (χ1n) is 8.40. The van der Waals surface area contributed by atoms with E-state index >= 15 is 0 Å². The van der Waals surface area contributed by atoms with Crippen LogP contribution in [0.15, 0.2) is 0 Å². The van der Waals surface area contributed by atoms with Gasteiger partial charge in [-0.25, -0.2) is 13.1 Å². The van der Waals surface area contributed by atoms with E-state index < -0.39 is 10.0 Å². The zero-order valence-electron chi connectivity index (χ0n) is 12.6. The van der Waals surface area contributed by atoms with E-state index in [4.69, 9.17) is 0 Å². The molecule has 0 unspecified atom stereocenters. The van der Waals surface area contributed by atoms with E-state index in [9.17, 15) is 8.42 Å². The summed E-state index contributed by atoms with van der Waals surface area (Å²) in [5.74, 6) is 0. The molecule has 0 aromatic rings. The average molecular weight is 302 g/mol. The van der Waals surface area contributed by atoms with Gasteiger partial charge in [-0.05, 0) is 25.7 Å². The van der Waals surface area contributed by atoms with Crippen LogP contribution in [0, 0.1) is 0 Å². The molecule has 2 aliphatic rings. The number of nitrogens with one attached hydrogen (secondary N) is 2. The first-order valence-corrected chi connectivity index (χ1v) is 9.95. The van der Waals surface area contributed by atoms with Crippen molar-refractivity contribution in [3.8, 4) is 0 Å². The normalized spacial score (nSPS) is 23.6. The molecule has 2 rings (SSSR count). The molecule has 2 fully saturated rings.